The molecule has 0 aromatic heterocycles. The van der Waals surface area contributed by atoms with Gasteiger partial charge in [0.25, 0.3) is 0 Å². The molecule has 0 saturated carbocycles. The predicted octanol–water partition coefficient (Wildman–Crippen LogP) is 15.3. The van der Waals surface area contributed by atoms with Gasteiger partial charge in [0.05, 0.1) is 25.4 Å². The number of unbranched alkanes of at least 4 members (excludes halogenated alkanes) is 24. The summed E-state index contributed by atoms with van der Waals surface area (Å²) in [6.45, 7) is 5.53. The molecule has 1 amide bonds. The van der Waals surface area contributed by atoms with Crippen LogP contribution < -0.4 is 5.32 Å². The molecule has 8 unspecified atom stereocenters. The van der Waals surface area contributed by atoms with Crippen molar-refractivity contribution in [3.05, 3.63) is 109 Å². The van der Waals surface area contributed by atoms with Crippen molar-refractivity contribution in [3.63, 3.8) is 0 Å². The fourth-order valence-electron chi connectivity index (χ4n) is 9.27. The summed E-state index contributed by atoms with van der Waals surface area (Å²) in [7, 11) is 0. The first kappa shape index (κ1) is 73.3. The summed E-state index contributed by atoms with van der Waals surface area (Å²) in [6.07, 6.45) is 64.0. The molecular formula is C68H115NO10. The van der Waals surface area contributed by atoms with Crippen molar-refractivity contribution in [1.82, 2.24) is 5.32 Å². The first-order valence-electron chi connectivity index (χ1n) is 31.7. The summed E-state index contributed by atoms with van der Waals surface area (Å²) in [4.78, 5) is 26.6. The number of hydrogen-bond acceptors (Lipinski definition) is 10. The lowest BCUT2D eigenvalue weighted by atomic mass is 9.99. The molecule has 0 aromatic carbocycles. The predicted molar refractivity (Wildman–Crippen MR) is 328 cm³/mol. The normalized spacial score (nSPS) is 19.6. The van der Waals surface area contributed by atoms with Crippen LogP contribution in [0.5, 0.6) is 0 Å². The summed E-state index contributed by atoms with van der Waals surface area (Å²) >= 11 is 0. The maximum absolute atomic E-state index is 13.4. The smallest absolute Gasteiger partial charge is 0.306 e. The number of esters is 1. The molecule has 0 radical (unpaired) electrons. The van der Waals surface area contributed by atoms with Gasteiger partial charge in [-0.1, -0.05) is 259 Å². The van der Waals surface area contributed by atoms with Crippen molar-refractivity contribution in [2.45, 2.75) is 294 Å². The van der Waals surface area contributed by atoms with Crippen LogP contribution in [0.2, 0.25) is 0 Å². The van der Waals surface area contributed by atoms with Crippen LogP contribution in [0, 0.1) is 0 Å². The number of aliphatic hydroxyl groups is 5. The van der Waals surface area contributed by atoms with E-state index in [1.165, 1.54) is 57.8 Å². The molecule has 1 fully saturated rings. The number of hydrogen-bond donors (Lipinski definition) is 6. The largest absolute Gasteiger partial charge is 0.454 e. The van der Waals surface area contributed by atoms with Crippen molar-refractivity contribution in [2.24, 2.45) is 0 Å². The summed E-state index contributed by atoms with van der Waals surface area (Å²) in [5.74, 6) is -1.22. The Morgan fingerprint density at radius 2 is 0.975 bits per heavy atom. The Labute approximate surface area is 481 Å². The Hall–Kier alpha value is -3.68. The van der Waals surface area contributed by atoms with E-state index in [1.54, 1.807) is 6.08 Å². The molecule has 0 aromatic rings. The van der Waals surface area contributed by atoms with E-state index in [0.29, 0.717) is 12.8 Å². The highest BCUT2D eigenvalue weighted by atomic mass is 16.7. The molecule has 452 valence electrons. The lowest BCUT2D eigenvalue weighted by Crippen LogP contribution is -2.61. The molecule has 0 spiro atoms. The van der Waals surface area contributed by atoms with Crippen molar-refractivity contribution in [1.29, 1.82) is 0 Å². The quantitative estimate of drug-likeness (QED) is 0.0149. The Morgan fingerprint density at radius 1 is 0.519 bits per heavy atom. The number of aliphatic hydroxyl groups excluding tert-OH is 5. The van der Waals surface area contributed by atoms with Crippen LogP contribution in [-0.2, 0) is 23.8 Å². The van der Waals surface area contributed by atoms with Crippen molar-refractivity contribution < 1.29 is 49.3 Å². The van der Waals surface area contributed by atoms with Gasteiger partial charge in [-0.05, 0) is 89.9 Å². The average molecular weight is 1110 g/mol. The molecule has 11 nitrogen and oxygen atoms in total. The summed E-state index contributed by atoms with van der Waals surface area (Å²) in [6, 6.07) is -1.04. The van der Waals surface area contributed by atoms with Gasteiger partial charge in [0.1, 0.15) is 24.4 Å². The Morgan fingerprint density at radius 3 is 1.51 bits per heavy atom. The van der Waals surface area contributed by atoms with Crippen molar-refractivity contribution in [2.75, 3.05) is 13.2 Å². The lowest BCUT2D eigenvalue weighted by molar-refractivity contribution is -0.305. The number of amides is 1. The molecule has 6 N–H and O–H groups in total. The van der Waals surface area contributed by atoms with E-state index in [4.69, 9.17) is 14.2 Å². The van der Waals surface area contributed by atoms with Gasteiger partial charge in [0.15, 0.2) is 12.4 Å². The summed E-state index contributed by atoms with van der Waals surface area (Å²) < 4.78 is 17.6. The maximum Gasteiger partial charge on any atom is 0.306 e. The third-order valence-corrected chi connectivity index (χ3v) is 14.2. The van der Waals surface area contributed by atoms with E-state index in [1.807, 2.05) is 12.2 Å². The van der Waals surface area contributed by atoms with Gasteiger partial charge in [-0.15, -0.1) is 0 Å². The fraction of sp³-hybridized carbons (Fsp3) is 0.706. The first-order valence-corrected chi connectivity index (χ1v) is 31.7. The zero-order valence-electron chi connectivity index (χ0n) is 50.0. The molecule has 11 heteroatoms. The molecule has 1 rings (SSSR count). The van der Waals surface area contributed by atoms with Gasteiger partial charge < -0.3 is 45.1 Å². The highest BCUT2D eigenvalue weighted by molar-refractivity contribution is 5.80. The fourth-order valence-corrected chi connectivity index (χ4v) is 9.27. The molecule has 1 aliphatic rings. The first-order chi connectivity index (χ1) is 38.7. The highest BCUT2D eigenvalue weighted by Gasteiger charge is 2.47. The Balaban J connectivity index is 2.69. The van der Waals surface area contributed by atoms with Crippen LogP contribution in [0.25, 0.3) is 0 Å². The van der Waals surface area contributed by atoms with Gasteiger partial charge in [-0.3, -0.25) is 9.59 Å². The molecule has 1 heterocycles. The number of carbonyl (C=O) groups is 2. The Bertz CT molecular complexity index is 1700. The van der Waals surface area contributed by atoms with Crippen LogP contribution in [0.1, 0.15) is 245 Å². The molecule has 0 aliphatic carbocycles. The second-order valence-electron chi connectivity index (χ2n) is 21.4. The molecule has 79 heavy (non-hydrogen) atoms. The SMILES string of the molecule is CC/C=C\C/C=C\C/C=C\C/C=C\C/C=C\CCCCCCCCC(O)C(=O)NC(COC1OC(CO)C(O)C(O)C1OC(=O)CCCCCCCCC/C=C/C=C/C=C/CC)C(O)/C=C/CCCCCCCCCCCCC. The lowest BCUT2D eigenvalue weighted by Gasteiger charge is -2.41. The number of carbonyl (C=O) groups excluding carboxylic acids is 2. The van der Waals surface area contributed by atoms with E-state index in [2.05, 4.69) is 117 Å². The van der Waals surface area contributed by atoms with E-state index < -0.39 is 67.4 Å². The second kappa shape index (κ2) is 54.9. The standard InChI is InChI=1S/C68H115NO10/c1-4-7-10-13-16-19-22-25-27-28-29-30-31-32-33-35-37-40-43-46-49-52-55-61(72)67(76)69-59(60(71)54-51-48-45-42-39-36-24-21-18-15-12-9-6-3)58-77-68-66(65(75)64(74)62(57-70)78-68)79-63(73)56-53-50-47-44-41-38-34-26-23-20-17-14-11-8-5-2/h7-8,10-11,14,16-17,19-20,23,25,27,29-30,32-33,51,54,59-62,64-66,68,70-72,74-75H,4-6,9,12-13,15,18,21-22,24,26,28,31,34-50,52-53,55-58H2,1-3H3,(H,69,76)/b10-7-,11-8+,17-14+,19-16-,23-20+,27-25-,30-29-,33-32-,54-51+. The van der Waals surface area contributed by atoms with Crippen LogP contribution in [0.4, 0.5) is 0 Å². The van der Waals surface area contributed by atoms with Gasteiger partial charge in [-0.2, -0.15) is 0 Å². The van der Waals surface area contributed by atoms with E-state index in [9.17, 15) is 35.1 Å². The zero-order valence-corrected chi connectivity index (χ0v) is 50.0. The minimum Gasteiger partial charge on any atom is -0.454 e. The topological polar surface area (TPSA) is 175 Å². The summed E-state index contributed by atoms with van der Waals surface area (Å²) in [5, 5.41) is 57.0. The molecule has 8 atom stereocenters. The molecular weight excluding hydrogens is 991 g/mol. The number of nitrogens with one attached hydrogen (secondary N) is 1. The second-order valence-corrected chi connectivity index (χ2v) is 21.4. The van der Waals surface area contributed by atoms with Gasteiger partial charge >= 0.3 is 5.97 Å². The minimum absolute atomic E-state index is 0.103. The zero-order chi connectivity index (χ0) is 57.5. The Kier molecular flexibility index (Phi) is 50.9. The monoisotopic (exact) mass is 1110 g/mol. The van der Waals surface area contributed by atoms with Crippen LogP contribution in [0.15, 0.2) is 109 Å². The minimum atomic E-state index is -1.63. The van der Waals surface area contributed by atoms with E-state index >= 15 is 0 Å². The highest BCUT2D eigenvalue weighted by Crippen LogP contribution is 2.26. The molecule has 1 aliphatic heterocycles. The molecule has 1 saturated heterocycles. The van der Waals surface area contributed by atoms with Crippen LogP contribution in [0.3, 0.4) is 0 Å². The van der Waals surface area contributed by atoms with Gasteiger partial charge in [-0.25, -0.2) is 0 Å². The maximum atomic E-state index is 13.4. The number of allylic oxidation sites excluding steroid dienone is 17. The number of ether oxygens (including phenoxy) is 3. The average Bonchev–Trinajstić information content (AvgIpc) is 3.49. The van der Waals surface area contributed by atoms with E-state index in [-0.39, 0.29) is 19.4 Å². The van der Waals surface area contributed by atoms with Crippen molar-refractivity contribution in [3.8, 4) is 0 Å². The van der Waals surface area contributed by atoms with Gasteiger partial charge in [0, 0.05) is 6.42 Å². The third kappa shape index (κ3) is 42.8. The third-order valence-electron chi connectivity index (χ3n) is 14.2. The summed E-state index contributed by atoms with van der Waals surface area (Å²) in [5.41, 5.74) is 0. The van der Waals surface area contributed by atoms with Gasteiger partial charge in [0.2, 0.25) is 5.91 Å². The van der Waals surface area contributed by atoms with Crippen LogP contribution in [-0.4, -0.2) is 99.6 Å². The van der Waals surface area contributed by atoms with Crippen LogP contribution >= 0.6 is 0 Å². The van der Waals surface area contributed by atoms with Crippen molar-refractivity contribution >= 4 is 11.9 Å². The number of rotatable bonds is 52. The molecule has 0 bridgehead atoms. The van der Waals surface area contributed by atoms with E-state index in [0.717, 1.165) is 141 Å².